The Hall–Kier alpha value is -3.76. The number of hydrogen-bond donors (Lipinski definition) is 1. The molecule has 1 saturated carbocycles. The number of amides is 1. The van der Waals surface area contributed by atoms with E-state index in [4.69, 9.17) is 14.7 Å². The summed E-state index contributed by atoms with van der Waals surface area (Å²) in [5, 5.41) is 2.96. The predicted molar refractivity (Wildman–Crippen MR) is 139 cm³/mol. The molecule has 0 bridgehead atoms. The Morgan fingerprint density at radius 1 is 1.08 bits per heavy atom. The van der Waals surface area contributed by atoms with Gasteiger partial charge in [-0.15, -0.1) is 0 Å². The third-order valence-electron chi connectivity index (χ3n) is 6.33. The standard InChI is InChI=1S/C27H27N5O4S/c1-17(16-36-2)37(34,35)22-5-3-4-19(10-22)27(33)30-13-21-11-24-20(12-29-21)8-9-23(31-24)26-15-28-14-25(32-26)18-6-7-18/h3-5,8-12,14-15,17-18H,6-7,13,16H2,1-2H3,(H,30,33)/t17-/m0/s1. The van der Waals surface area contributed by atoms with Crippen molar-refractivity contribution in [2.24, 2.45) is 0 Å². The van der Waals surface area contributed by atoms with Crippen molar-refractivity contribution >= 4 is 26.6 Å². The lowest BCUT2D eigenvalue weighted by Gasteiger charge is -2.13. The number of methoxy groups -OCH3 is 1. The highest BCUT2D eigenvalue weighted by molar-refractivity contribution is 7.92. The van der Waals surface area contributed by atoms with Crippen molar-refractivity contribution in [3.8, 4) is 11.4 Å². The largest absolute Gasteiger partial charge is 0.383 e. The van der Waals surface area contributed by atoms with E-state index >= 15 is 0 Å². The van der Waals surface area contributed by atoms with Crippen molar-refractivity contribution in [1.29, 1.82) is 0 Å². The minimum absolute atomic E-state index is 0.0701. The number of nitrogens with zero attached hydrogens (tertiary/aromatic N) is 4. The molecular weight excluding hydrogens is 490 g/mol. The van der Waals surface area contributed by atoms with Crippen LogP contribution in [-0.2, 0) is 21.1 Å². The van der Waals surface area contributed by atoms with Gasteiger partial charge in [0.25, 0.3) is 5.91 Å². The first kappa shape index (κ1) is 24.9. The van der Waals surface area contributed by atoms with Crippen LogP contribution in [0.4, 0.5) is 0 Å². The van der Waals surface area contributed by atoms with Gasteiger partial charge >= 0.3 is 0 Å². The van der Waals surface area contributed by atoms with Gasteiger partial charge in [-0.25, -0.2) is 18.4 Å². The third kappa shape index (κ3) is 5.50. The molecule has 3 aromatic heterocycles. The summed E-state index contributed by atoms with van der Waals surface area (Å²) in [5.74, 6) is 0.106. The quantitative estimate of drug-likeness (QED) is 0.356. The molecule has 1 aromatic carbocycles. The summed E-state index contributed by atoms with van der Waals surface area (Å²) < 4.78 is 30.5. The van der Waals surface area contributed by atoms with E-state index < -0.39 is 21.0 Å². The number of pyridine rings is 2. The SMILES string of the molecule is COC[C@H](C)S(=O)(=O)c1cccc(C(=O)NCc2cc3nc(-c4cncc(C5CC5)n4)ccc3cn2)c1. The fourth-order valence-corrected chi connectivity index (χ4v) is 5.36. The van der Waals surface area contributed by atoms with Crippen molar-refractivity contribution in [3.05, 3.63) is 78.0 Å². The van der Waals surface area contributed by atoms with E-state index in [1.54, 1.807) is 31.5 Å². The minimum atomic E-state index is -3.61. The van der Waals surface area contributed by atoms with Crippen molar-refractivity contribution in [3.63, 3.8) is 0 Å². The summed E-state index contributed by atoms with van der Waals surface area (Å²) in [6, 6.07) is 11.7. The van der Waals surface area contributed by atoms with E-state index in [9.17, 15) is 13.2 Å². The maximum Gasteiger partial charge on any atom is 0.251 e. The van der Waals surface area contributed by atoms with Crippen LogP contribution >= 0.6 is 0 Å². The molecule has 190 valence electrons. The summed E-state index contributed by atoms with van der Waals surface area (Å²) in [7, 11) is -2.16. The maximum absolute atomic E-state index is 12.8. The topological polar surface area (TPSA) is 124 Å². The lowest BCUT2D eigenvalue weighted by atomic mass is 10.2. The molecule has 0 saturated heterocycles. The molecule has 0 radical (unpaired) electrons. The van der Waals surface area contributed by atoms with Gasteiger partial charge in [0.1, 0.15) is 5.69 Å². The average Bonchev–Trinajstić information content (AvgIpc) is 3.77. The Morgan fingerprint density at radius 3 is 2.70 bits per heavy atom. The molecule has 1 fully saturated rings. The molecule has 5 rings (SSSR count). The summed E-state index contributed by atoms with van der Waals surface area (Å²) in [6.07, 6.45) is 7.55. The highest BCUT2D eigenvalue weighted by Crippen LogP contribution is 2.39. The van der Waals surface area contributed by atoms with Gasteiger partial charge in [0.05, 0.1) is 52.1 Å². The number of rotatable bonds is 9. The zero-order chi connectivity index (χ0) is 26.0. The lowest BCUT2D eigenvalue weighted by Crippen LogP contribution is -2.25. The predicted octanol–water partition coefficient (Wildman–Crippen LogP) is 3.70. The number of carbonyl (C=O) groups is 1. The van der Waals surface area contributed by atoms with Crippen molar-refractivity contribution in [2.75, 3.05) is 13.7 Å². The highest BCUT2D eigenvalue weighted by Gasteiger charge is 2.26. The van der Waals surface area contributed by atoms with E-state index in [0.29, 0.717) is 11.6 Å². The number of fused-ring (bicyclic) bond motifs is 1. The molecule has 1 aliphatic rings. The van der Waals surface area contributed by atoms with Gasteiger partial charge in [0.2, 0.25) is 0 Å². The molecule has 0 aliphatic heterocycles. The van der Waals surface area contributed by atoms with Gasteiger partial charge in [0, 0.05) is 36.4 Å². The smallest absolute Gasteiger partial charge is 0.251 e. The van der Waals surface area contributed by atoms with Crippen molar-refractivity contribution in [1.82, 2.24) is 25.3 Å². The Labute approximate surface area is 215 Å². The van der Waals surface area contributed by atoms with Crippen LogP contribution in [0.3, 0.4) is 0 Å². The second kappa shape index (κ2) is 10.3. The van der Waals surface area contributed by atoms with Gasteiger partial charge in [-0.05, 0) is 56.2 Å². The Kier molecular flexibility index (Phi) is 6.94. The fraction of sp³-hybridized carbons (Fsp3) is 0.296. The molecule has 4 aromatic rings. The van der Waals surface area contributed by atoms with Gasteiger partial charge in [-0.2, -0.15) is 0 Å². The number of benzene rings is 1. The number of carbonyl (C=O) groups excluding carboxylic acids is 1. The van der Waals surface area contributed by atoms with Crippen LogP contribution < -0.4 is 5.32 Å². The fourth-order valence-electron chi connectivity index (χ4n) is 4.02. The monoisotopic (exact) mass is 517 g/mol. The molecule has 10 heteroatoms. The molecular formula is C27H27N5O4S. The zero-order valence-corrected chi connectivity index (χ0v) is 21.4. The zero-order valence-electron chi connectivity index (χ0n) is 20.6. The molecule has 1 N–H and O–H groups in total. The van der Waals surface area contributed by atoms with Crippen LogP contribution in [0, 0.1) is 0 Å². The van der Waals surface area contributed by atoms with Crippen LogP contribution in [-0.4, -0.2) is 53.2 Å². The van der Waals surface area contributed by atoms with E-state index in [-0.39, 0.29) is 23.6 Å². The van der Waals surface area contributed by atoms with Crippen LogP contribution in [0.2, 0.25) is 0 Å². The van der Waals surface area contributed by atoms with E-state index in [1.165, 1.54) is 19.2 Å². The van der Waals surface area contributed by atoms with Crippen LogP contribution in [0.1, 0.15) is 47.4 Å². The van der Waals surface area contributed by atoms with E-state index in [1.807, 2.05) is 24.4 Å². The Bertz CT molecular complexity index is 1570. The first-order chi connectivity index (χ1) is 17.8. The van der Waals surface area contributed by atoms with E-state index in [0.717, 1.165) is 40.8 Å². The molecule has 1 atom stereocenters. The first-order valence-corrected chi connectivity index (χ1v) is 13.6. The summed E-state index contributed by atoms with van der Waals surface area (Å²) >= 11 is 0. The average molecular weight is 518 g/mol. The lowest BCUT2D eigenvalue weighted by molar-refractivity contribution is 0.0950. The molecule has 37 heavy (non-hydrogen) atoms. The van der Waals surface area contributed by atoms with Crippen LogP contribution in [0.5, 0.6) is 0 Å². The van der Waals surface area contributed by atoms with Crippen molar-refractivity contribution < 1.29 is 17.9 Å². The minimum Gasteiger partial charge on any atom is -0.383 e. The highest BCUT2D eigenvalue weighted by atomic mass is 32.2. The van der Waals surface area contributed by atoms with Crippen LogP contribution in [0.15, 0.2) is 66.0 Å². The number of aromatic nitrogens is 4. The summed E-state index contributed by atoms with van der Waals surface area (Å²) in [4.78, 5) is 31.1. The number of sulfone groups is 1. The molecule has 1 aliphatic carbocycles. The third-order valence-corrected chi connectivity index (χ3v) is 8.43. The van der Waals surface area contributed by atoms with Gasteiger partial charge in [-0.3, -0.25) is 14.8 Å². The number of hydrogen-bond acceptors (Lipinski definition) is 8. The Balaban J connectivity index is 1.31. The first-order valence-electron chi connectivity index (χ1n) is 12.0. The van der Waals surface area contributed by atoms with Gasteiger partial charge in [-0.1, -0.05) is 6.07 Å². The van der Waals surface area contributed by atoms with Crippen LogP contribution in [0.25, 0.3) is 22.3 Å². The Morgan fingerprint density at radius 2 is 1.92 bits per heavy atom. The number of ether oxygens (including phenoxy) is 1. The van der Waals surface area contributed by atoms with Crippen molar-refractivity contribution in [2.45, 2.75) is 42.4 Å². The van der Waals surface area contributed by atoms with Gasteiger partial charge < -0.3 is 10.1 Å². The summed E-state index contributed by atoms with van der Waals surface area (Å²) in [6.45, 7) is 1.81. The molecule has 3 heterocycles. The maximum atomic E-state index is 12.8. The van der Waals surface area contributed by atoms with E-state index in [2.05, 4.69) is 15.3 Å². The summed E-state index contributed by atoms with van der Waals surface area (Å²) in [5.41, 5.74) is 4.07. The van der Waals surface area contributed by atoms with Gasteiger partial charge in [0.15, 0.2) is 9.84 Å². The molecule has 0 spiro atoms. The molecule has 1 amide bonds. The molecule has 9 nitrogen and oxygen atoms in total. The second-order valence-electron chi connectivity index (χ2n) is 9.19. The number of nitrogens with one attached hydrogen (secondary N) is 1. The normalized spacial score (nSPS) is 14.4. The second-order valence-corrected chi connectivity index (χ2v) is 11.6. The molecule has 0 unspecified atom stereocenters.